The fourth-order valence-corrected chi connectivity index (χ4v) is 16.5. The molecule has 442 valence electrons. The lowest BCUT2D eigenvalue weighted by atomic mass is 9.82. The second-order valence-electron chi connectivity index (χ2n) is 27.0. The van der Waals surface area contributed by atoms with E-state index in [2.05, 4.69) is 355 Å². The van der Waals surface area contributed by atoms with Crippen LogP contribution in [0.25, 0.3) is 164 Å². The molecule has 0 unspecified atom stereocenters. The van der Waals surface area contributed by atoms with Crippen LogP contribution < -0.4 is 0 Å². The average Bonchev–Trinajstić information content (AvgIpc) is 1.68. The molecule has 0 bridgehead atoms. The van der Waals surface area contributed by atoms with Crippen LogP contribution in [-0.2, 0) is 10.8 Å². The first-order valence-corrected chi connectivity index (χ1v) is 33.1. The summed E-state index contributed by atoms with van der Waals surface area (Å²) in [6, 6.07) is 121. The average molecular weight is 1200 g/mol. The van der Waals surface area contributed by atoms with Crippen LogP contribution in [0.1, 0.15) is 49.9 Å². The number of rotatable bonds is 6. The van der Waals surface area contributed by atoms with E-state index in [1.54, 1.807) is 0 Å². The molecule has 0 heteroatoms. The Morgan fingerprint density at radius 3 is 0.819 bits per heavy atom. The van der Waals surface area contributed by atoms with Crippen LogP contribution in [0.5, 0.6) is 0 Å². The topological polar surface area (TPSA) is 0 Å². The molecule has 0 spiro atoms. The van der Waals surface area contributed by atoms with Gasteiger partial charge in [-0.3, -0.25) is 0 Å². The Hall–Kier alpha value is -11.4. The summed E-state index contributed by atoms with van der Waals surface area (Å²) in [6.07, 6.45) is 0. The first kappa shape index (κ1) is 55.4. The van der Waals surface area contributed by atoms with E-state index in [4.69, 9.17) is 0 Å². The van der Waals surface area contributed by atoms with Crippen molar-refractivity contribution in [3.63, 3.8) is 0 Å². The van der Waals surface area contributed by atoms with Gasteiger partial charge >= 0.3 is 0 Å². The highest BCUT2D eigenvalue weighted by molar-refractivity contribution is 6.23. The van der Waals surface area contributed by atoms with Crippen LogP contribution in [0.4, 0.5) is 0 Å². The molecule has 2 aliphatic carbocycles. The van der Waals surface area contributed by atoms with Crippen LogP contribution in [0.3, 0.4) is 0 Å². The summed E-state index contributed by atoms with van der Waals surface area (Å²) >= 11 is 0. The first-order chi connectivity index (χ1) is 46.2. The minimum atomic E-state index is -0.0296. The molecule has 2 aliphatic rings. The molecule has 0 fully saturated rings. The summed E-state index contributed by atoms with van der Waals surface area (Å²) in [6.45, 7) is 9.44. The van der Waals surface area contributed by atoms with Gasteiger partial charge in [0.05, 0.1) is 0 Å². The standard InChI is InChI=1S/C49H34.C45H32/c1-49(2)44-27-26-36(30-43(44)48-38-14-6-5-12-33(38)25-28-45(48)49)32-19-22-34(23-20-32)46-39-15-7-9-17-41(39)47(42-18-10-8-16-40(42)46)37-24-21-31-11-3-4-13-35(31)29-37;1-45(2)40-26-25-33(28-39(40)44-34-15-7-6-12-30(34)24-27-41(44)45)29-20-22-32(23-21-29)43-37-18-10-8-16-35(37)42(31-13-4-3-5-14-31)36-17-9-11-19-38(36)43/h3-30H,1-2H3;3-28H,1-2H3. The van der Waals surface area contributed by atoms with E-state index in [9.17, 15) is 0 Å². The molecular weight excluding hydrogens is 1130 g/mol. The summed E-state index contributed by atoms with van der Waals surface area (Å²) < 4.78 is 0. The van der Waals surface area contributed by atoms with Crippen molar-refractivity contribution in [1.29, 1.82) is 0 Å². The minimum Gasteiger partial charge on any atom is -0.0622 e. The van der Waals surface area contributed by atoms with E-state index in [0.29, 0.717) is 0 Å². The molecule has 17 aromatic carbocycles. The Labute approximate surface area is 549 Å². The highest BCUT2D eigenvalue weighted by Gasteiger charge is 2.38. The smallest absolute Gasteiger partial charge is 0.0159 e. The Morgan fingerprint density at radius 1 is 0.160 bits per heavy atom. The van der Waals surface area contributed by atoms with Crippen LogP contribution in [0, 0.1) is 0 Å². The third-order valence-corrected chi connectivity index (χ3v) is 21.1. The van der Waals surface area contributed by atoms with Gasteiger partial charge in [-0.25, -0.2) is 0 Å². The van der Waals surface area contributed by atoms with E-state index in [-0.39, 0.29) is 10.8 Å². The van der Waals surface area contributed by atoms with Gasteiger partial charge in [0.1, 0.15) is 0 Å². The van der Waals surface area contributed by atoms with Crippen LogP contribution in [0.15, 0.2) is 328 Å². The Balaban J connectivity index is 0.000000138. The second-order valence-corrected chi connectivity index (χ2v) is 27.0. The number of fused-ring (bicyclic) bond motifs is 15. The Bertz CT molecular complexity index is 5830. The highest BCUT2D eigenvalue weighted by Crippen LogP contribution is 2.55. The molecule has 0 atom stereocenters. The zero-order chi connectivity index (χ0) is 62.8. The lowest BCUT2D eigenvalue weighted by Gasteiger charge is -2.21. The van der Waals surface area contributed by atoms with Gasteiger partial charge in [0.25, 0.3) is 0 Å². The van der Waals surface area contributed by atoms with Gasteiger partial charge in [0, 0.05) is 10.8 Å². The van der Waals surface area contributed by atoms with Gasteiger partial charge in [-0.2, -0.15) is 0 Å². The third-order valence-electron chi connectivity index (χ3n) is 21.1. The van der Waals surface area contributed by atoms with Crippen molar-refractivity contribution in [2.24, 2.45) is 0 Å². The van der Waals surface area contributed by atoms with Crippen molar-refractivity contribution < 1.29 is 0 Å². The number of benzene rings is 17. The highest BCUT2D eigenvalue weighted by atomic mass is 14.4. The number of hydrogen-bond donors (Lipinski definition) is 0. The zero-order valence-corrected chi connectivity index (χ0v) is 53.2. The second kappa shape index (κ2) is 21.6. The van der Waals surface area contributed by atoms with Gasteiger partial charge in [-0.15, -0.1) is 0 Å². The van der Waals surface area contributed by atoms with Crippen molar-refractivity contribution in [3.05, 3.63) is 350 Å². The first-order valence-electron chi connectivity index (χ1n) is 33.1. The lowest BCUT2D eigenvalue weighted by Crippen LogP contribution is -2.14. The molecular formula is C94H66. The molecule has 0 saturated heterocycles. The number of hydrogen-bond acceptors (Lipinski definition) is 0. The summed E-state index contributed by atoms with van der Waals surface area (Å²) in [4.78, 5) is 0. The van der Waals surface area contributed by atoms with Crippen molar-refractivity contribution in [2.75, 3.05) is 0 Å². The molecule has 0 amide bonds. The van der Waals surface area contributed by atoms with Crippen LogP contribution in [0.2, 0.25) is 0 Å². The fraction of sp³-hybridized carbons (Fsp3) is 0.0638. The van der Waals surface area contributed by atoms with Crippen molar-refractivity contribution in [2.45, 2.75) is 38.5 Å². The van der Waals surface area contributed by atoms with Crippen LogP contribution >= 0.6 is 0 Å². The summed E-state index contributed by atoms with van der Waals surface area (Å²) in [5.41, 5.74) is 26.2. The molecule has 0 N–H and O–H groups in total. The molecule has 0 nitrogen and oxygen atoms in total. The predicted octanol–water partition coefficient (Wildman–Crippen LogP) is 26.1. The Kier molecular flexibility index (Phi) is 12.7. The predicted molar refractivity (Wildman–Crippen MR) is 403 cm³/mol. The zero-order valence-electron chi connectivity index (χ0n) is 53.2. The maximum Gasteiger partial charge on any atom is 0.0159 e. The third kappa shape index (κ3) is 8.67. The molecule has 17 aromatic rings. The van der Waals surface area contributed by atoms with Crippen molar-refractivity contribution in [1.82, 2.24) is 0 Å². The molecule has 19 rings (SSSR count). The Morgan fingerprint density at radius 2 is 0.426 bits per heavy atom. The molecule has 94 heavy (non-hydrogen) atoms. The van der Waals surface area contributed by atoms with E-state index >= 15 is 0 Å². The van der Waals surface area contributed by atoms with E-state index in [1.807, 2.05) is 0 Å². The lowest BCUT2D eigenvalue weighted by molar-refractivity contribution is 0.661. The van der Waals surface area contributed by atoms with Gasteiger partial charge < -0.3 is 0 Å². The maximum atomic E-state index is 2.42. The summed E-state index contributed by atoms with van der Waals surface area (Å²) in [7, 11) is 0. The van der Waals surface area contributed by atoms with Gasteiger partial charge in [0.15, 0.2) is 0 Å². The fourth-order valence-electron chi connectivity index (χ4n) is 16.5. The van der Waals surface area contributed by atoms with E-state index < -0.39 is 0 Å². The normalized spacial score (nSPS) is 13.3. The van der Waals surface area contributed by atoms with Crippen LogP contribution in [-0.4, -0.2) is 0 Å². The minimum absolute atomic E-state index is 0.0227. The maximum absolute atomic E-state index is 2.42. The molecule has 0 aliphatic heterocycles. The van der Waals surface area contributed by atoms with Gasteiger partial charge in [0.2, 0.25) is 0 Å². The molecule has 0 aromatic heterocycles. The molecule has 0 radical (unpaired) electrons. The molecule has 0 saturated carbocycles. The van der Waals surface area contributed by atoms with Crippen molar-refractivity contribution in [3.8, 4) is 89.0 Å². The van der Waals surface area contributed by atoms with Gasteiger partial charge in [-0.05, 0) is 205 Å². The summed E-state index contributed by atoms with van der Waals surface area (Å²) in [5, 5.41) is 18.1. The van der Waals surface area contributed by atoms with Gasteiger partial charge in [-0.1, -0.05) is 337 Å². The largest absolute Gasteiger partial charge is 0.0622 e. The summed E-state index contributed by atoms with van der Waals surface area (Å²) in [5.74, 6) is 0. The quantitative estimate of drug-likeness (QED) is 0.146. The molecule has 0 heterocycles. The van der Waals surface area contributed by atoms with E-state index in [1.165, 1.54) is 187 Å². The monoisotopic (exact) mass is 1190 g/mol. The SMILES string of the molecule is CC1(C)c2ccc(-c3ccc(-c4c5ccccc5c(-c5ccc6ccccc6c5)c5ccccc45)cc3)cc2-c2c1ccc1ccccc21.CC1(C)c2ccc(-c3ccc(-c4c5ccccc5c(-c5ccccc5)c5ccccc45)cc3)cc2-c2c1ccc1ccccc21. The van der Waals surface area contributed by atoms with E-state index in [0.717, 1.165) is 0 Å². The van der Waals surface area contributed by atoms with Crippen molar-refractivity contribution >= 4 is 75.4 Å².